The van der Waals surface area contributed by atoms with Crippen molar-refractivity contribution in [2.75, 3.05) is 17.6 Å². The molecule has 2 nitrogen and oxygen atoms in total. The van der Waals surface area contributed by atoms with Crippen molar-refractivity contribution in [1.29, 1.82) is 0 Å². The van der Waals surface area contributed by atoms with E-state index < -0.39 is 11.6 Å². The third-order valence-corrected chi connectivity index (χ3v) is 3.55. The highest BCUT2D eigenvalue weighted by molar-refractivity contribution is 5.54. The van der Waals surface area contributed by atoms with Crippen LogP contribution in [0.25, 0.3) is 0 Å². The zero-order valence-electron chi connectivity index (χ0n) is 10.3. The van der Waals surface area contributed by atoms with E-state index in [1.165, 1.54) is 11.1 Å². The quantitative estimate of drug-likeness (QED) is 0.831. The molecule has 0 aliphatic heterocycles. The Morgan fingerprint density at radius 3 is 2.53 bits per heavy atom. The summed E-state index contributed by atoms with van der Waals surface area (Å²) in [5, 5.41) is 2.85. The van der Waals surface area contributed by atoms with Gasteiger partial charge in [-0.05, 0) is 29.7 Å². The Kier molecular flexibility index (Phi) is 2.85. The van der Waals surface area contributed by atoms with Crippen molar-refractivity contribution in [3.8, 4) is 0 Å². The molecule has 2 aromatic carbocycles. The number of anilines is 2. The molecule has 98 valence electrons. The van der Waals surface area contributed by atoms with E-state index >= 15 is 0 Å². The molecule has 1 aliphatic rings. The van der Waals surface area contributed by atoms with E-state index in [2.05, 4.69) is 17.4 Å². The van der Waals surface area contributed by atoms with Crippen molar-refractivity contribution < 1.29 is 8.78 Å². The Balaban J connectivity index is 1.72. The SMILES string of the molecule is Nc1cc(F)c(NCC2Cc3ccccc32)c(F)c1. The van der Waals surface area contributed by atoms with Gasteiger partial charge < -0.3 is 11.1 Å². The van der Waals surface area contributed by atoms with Crippen LogP contribution in [0.1, 0.15) is 17.0 Å². The largest absolute Gasteiger partial charge is 0.399 e. The van der Waals surface area contributed by atoms with Gasteiger partial charge >= 0.3 is 0 Å². The molecule has 0 aromatic heterocycles. The molecule has 4 heteroatoms. The first-order chi connectivity index (χ1) is 9.15. The molecule has 0 fully saturated rings. The molecule has 1 aliphatic carbocycles. The van der Waals surface area contributed by atoms with Crippen LogP contribution in [0.5, 0.6) is 0 Å². The lowest BCUT2D eigenvalue weighted by Crippen LogP contribution is -2.24. The van der Waals surface area contributed by atoms with Crippen LogP contribution >= 0.6 is 0 Å². The van der Waals surface area contributed by atoms with E-state index in [-0.39, 0.29) is 11.4 Å². The summed E-state index contributed by atoms with van der Waals surface area (Å²) in [6.45, 7) is 0.523. The summed E-state index contributed by atoms with van der Waals surface area (Å²) in [6.07, 6.45) is 0.946. The summed E-state index contributed by atoms with van der Waals surface area (Å²) >= 11 is 0. The molecule has 2 aromatic rings. The summed E-state index contributed by atoms with van der Waals surface area (Å²) in [4.78, 5) is 0. The van der Waals surface area contributed by atoms with Gasteiger partial charge in [-0.15, -0.1) is 0 Å². The van der Waals surface area contributed by atoms with Gasteiger partial charge in [0.15, 0.2) is 11.6 Å². The van der Waals surface area contributed by atoms with E-state index in [9.17, 15) is 8.78 Å². The number of benzene rings is 2. The Labute approximate surface area is 110 Å². The third kappa shape index (κ3) is 2.14. The Bertz CT molecular complexity index is 602. The van der Waals surface area contributed by atoms with Gasteiger partial charge in [-0.1, -0.05) is 24.3 Å². The van der Waals surface area contributed by atoms with Gasteiger partial charge in [-0.25, -0.2) is 8.78 Å². The number of hydrogen-bond donors (Lipinski definition) is 2. The number of nitrogen functional groups attached to an aromatic ring is 1. The lowest BCUT2D eigenvalue weighted by molar-refractivity contribution is 0.580. The number of rotatable bonds is 3. The Morgan fingerprint density at radius 2 is 1.84 bits per heavy atom. The molecule has 3 rings (SSSR count). The second-order valence-electron chi connectivity index (χ2n) is 4.84. The number of nitrogens with one attached hydrogen (secondary N) is 1. The predicted molar refractivity (Wildman–Crippen MR) is 72.1 cm³/mol. The maximum absolute atomic E-state index is 13.6. The van der Waals surface area contributed by atoms with Crippen molar-refractivity contribution in [3.63, 3.8) is 0 Å². The molecule has 0 bridgehead atoms. The van der Waals surface area contributed by atoms with E-state index in [1.54, 1.807) is 0 Å². The smallest absolute Gasteiger partial charge is 0.151 e. The van der Waals surface area contributed by atoms with Crippen LogP contribution in [0, 0.1) is 11.6 Å². The number of nitrogens with two attached hydrogens (primary N) is 1. The third-order valence-electron chi connectivity index (χ3n) is 3.55. The van der Waals surface area contributed by atoms with Crippen LogP contribution in [0.2, 0.25) is 0 Å². The molecule has 0 saturated heterocycles. The Hall–Kier alpha value is -2.10. The summed E-state index contributed by atoms with van der Waals surface area (Å²) in [5.41, 5.74) is 7.94. The minimum Gasteiger partial charge on any atom is -0.399 e. The molecule has 3 N–H and O–H groups in total. The molecule has 1 unspecified atom stereocenters. The average Bonchev–Trinajstić information content (AvgIpc) is 2.33. The highest BCUT2D eigenvalue weighted by Gasteiger charge is 2.25. The number of halogens is 2. The number of fused-ring (bicyclic) bond motifs is 1. The maximum atomic E-state index is 13.6. The van der Waals surface area contributed by atoms with Crippen LogP contribution in [0.15, 0.2) is 36.4 Å². The van der Waals surface area contributed by atoms with Gasteiger partial charge in [-0.2, -0.15) is 0 Å². The fourth-order valence-corrected chi connectivity index (χ4v) is 2.53. The van der Waals surface area contributed by atoms with Crippen molar-refractivity contribution in [2.45, 2.75) is 12.3 Å². The van der Waals surface area contributed by atoms with E-state index in [0.717, 1.165) is 18.6 Å². The second-order valence-corrected chi connectivity index (χ2v) is 4.84. The van der Waals surface area contributed by atoms with Crippen LogP contribution in [0.3, 0.4) is 0 Å². The van der Waals surface area contributed by atoms with Gasteiger partial charge in [0.1, 0.15) is 5.69 Å². The molecule has 0 saturated carbocycles. The number of hydrogen-bond acceptors (Lipinski definition) is 2. The van der Waals surface area contributed by atoms with Crippen LogP contribution in [0.4, 0.5) is 20.2 Å². The zero-order chi connectivity index (χ0) is 13.4. The molecule has 0 spiro atoms. The predicted octanol–water partition coefficient (Wildman–Crippen LogP) is 3.30. The summed E-state index contributed by atoms with van der Waals surface area (Å²) in [7, 11) is 0. The highest BCUT2D eigenvalue weighted by atomic mass is 19.1. The molecule has 1 atom stereocenters. The minimum absolute atomic E-state index is 0.0922. The molecule has 0 radical (unpaired) electrons. The van der Waals surface area contributed by atoms with Crippen LogP contribution < -0.4 is 11.1 Å². The first-order valence-corrected chi connectivity index (χ1v) is 6.21. The lowest BCUT2D eigenvalue weighted by Gasteiger charge is -2.30. The van der Waals surface area contributed by atoms with E-state index in [4.69, 9.17) is 5.73 Å². The standard InChI is InChI=1S/C15H14F2N2/c16-13-6-11(18)7-14(17)15(13)19-8-10-5-9-3-1-2-4-12(9)10/h1-4,6-7,10,19H,5,8,18H2. The van der Waals surface area contributed by atoms with E-state index in [0.29, 0.717) is 12.5 Å². The first kappa shape index (κ1) is 12.0. The van der Waals surface area contributed by atoms with Crippen LogP contribution in [-0.2, 0) is 6.42 Å². The zero-order valence-corrected chi connectivity index (χ0v) is 10.3. The fraction of sp³-hybridized carbons (Fsp3) is 0.200. The molecule has 0 heterocycles. The van der Waals surface area contributed by atoms with Gasteiger partial charge in [0.05, 0.1) is 0 Å². The normalized spacial score (nSPS) is 16.6. The van der Waals surface area contributed by atoms with Crippen molar-refractivity contribution in [3.05, 3.63) is 59.2 Å². The van der Waals surface area contributed by atoms with Crippen LogP contribution in [-0.4, -0.2) is 6.54 Å². The van der Waals surface area contributed by atoms with Gasteiger partial charge in [0, 0.05) is 18.2 Å². The maximum Gasteiger partial charge on any atom is 0.151 e. The topological polar surface area (TPSA) is 38.0 Å². The summed E-state index contributed by atoms with van der Waals surface area (Å²) < 4.78 is 27.2. The Morgan fingerprint density at radius 1 is 1.16 bits per heavy atom. The van der Waals surface area contributed by atoms with Crippen molar-refractivity contribution >= 4 is 11.4 Å². The average molecular weight is 260 g/mol. The molecule has 0 amide bonds. The summed E-state index contributed by atoms with van der Waals surface area (Å²) in [6, 6.07) is 10.4. The van der Waals surface area contributed by atoms with Gasteiger partial charge in [-0.3, -0.25) is 0 Å². The monoisotopic (exact) mass is 260 g/mol. The fourth-order valence-electron chi connectivity index (χ4n) is 2.53. The lowest BCUT2D eigenvalue weighted by atomic mass is 9.77. The van der Waals surface area contributed by atoms with Gasteiger partial charge in [0.2, 0.25) is 0 Å². The highest BCUT2D eigenvalue weighted by Crippen LogP contribution is 2.35. The minimum atomic E-state index is -0.648. The molecule has 19 heavy (non-hydrogen) atoms. The van der Waals surface area contributed by atoms with Gasteiger partial charge in [0.25, 0.3) is 0 Å². The first-order valence-electron chi connectivity index (χ1n) is 6.21. The van der Waals surface area contributed by atoms with Crippen molar-refractivity contribution in [2.24, 2.45) is 0 Å². The molecular formula is C15H14F2N2. The second kappa shape index (κ2) is 4.53. The summed E-state index contributed by atoms with van der Waals surface area (Å²) in [5.74, 6) is -0.984. The van der Waals surface area contributed by atoms with E-state index in [1.807, 2.05) is 12.1 Å². The van der Waals surface area contributed by atoms with Crippen molar-refractivity contribution in [1.82, 2.24) is 0 Å². The molecular weight excluding hydrogens is 246 g/mol.